The third-order valence-electron chi connectivity index (χ3n) is 3.50. The van der Waals surface area contributed by atoms with Crippen molar-refractivity contribution in [2.75, 3.05) is 20.2 Å². The van der Waals surface area contributed by atoms with E-state index in [1.165, 1.54) is 12.8 Å². The second-order valence-corrected chi connectivity index (χ2v) is 6.04. The zero-order valence-corrected chi connectivity index (χ0v) is 12.9. The molecule has 0 bridgehead atoms. The van der Waals surface area contributed by atoms with Crippen LogP contribution in [0.2, 0.25) is 0 Å². The summed E-state index contributed by atoms with van der Waals surface area (Å²) < 4.78 is 7.50. The maximum absolute atomic E-state index is 9.91. The molecule has 1 saturated carbocycles. The second kappa shape index (κ2) is 6.65. The predicted molar refractivity (Wildman–Crippen MR) is 76.4 cm³/mol. The van der Waals surface area contributed by atoms with Crippen LogP contribution in [0.5, 0.6) is 0 Å². The second-order valence-electron chi connectivity index (χ2n) is 6.04. The number of likely N-dealkylation sites (N-methyl/N-ethyl adjacent to an activating group) is 1. The van der Waals surface area contributed by atoms with Gasteiger partial charge in [-0.25, -0.2) is 0 Å². The van der Waals surface area contributed by atoms with Crippen LogP contribution in [0.4, 0.5) is 0 Å². The van der Waals surface area contributed by atoms with Crippen molar-refractivity contribution >= 4 is 0 Å². The van der Waals surface area contributed by atoms with Gasteiger partial charge in [-0.05, 0) is 33.7 Å². The standard InChI is InChI=1S/C14H26N4O2/c1-10(2)20-9-12(19)7-17(3)8-13-15-16-14(18(13)4)11-5-6-11/h10-12,19H,5-9H2,1-4H3. The van der Waals surface area contributed by atoms with Crippen molar-refractivity contribution < 1.29 is 9.84 Å². The average molecular weight is 282 g/mol. The minimum atomic E-state index is -0.474. The zero-order chi connectivity index (χ0) is 14.7. The van der Waals surface area contributed by atoms with Gasteiger partial charge in [0, 0.05) is 19.5 Å². The monoisotopic (exact) mass is 282 g/mol. The van der Waals surface area contributed by atoms with Gasteiger partial charge in [0.2, 0.25) is 0 Å². The molecule has 0 aliphatic heterocycles. The largest absolute Gasteiger partial charge is 0.389 e. The number of rotatable bonds is 8. The van der Waals surface area contributed by atoms with E-state index in [9.17, 15) is 5.11 Å². The number of aliphatic hydroxyl groups excluding tert-OH is 1. The molecule has 6 heteroatoms. The van der Waals surface area contributed by atoms with Crippen molar-refractivity contribution in [3.63, 3.8) is 0 Å². The van der Waals surface area contributed by atoms with Crippen LogP contribution in [0.1, 0.15) is 44.3 Å². The summed E-state index contributed by atoms with van der Waals surface area (Å²) in [5.74, 6) is 2.65. The molecular formula is C14H26N4O2. The lowest BCUT2D eigenvalue weighted by Gasteiger charge is -2.20. The molecule has 1 unspecified atom stereocenters. The lowest BCUT2D eigenvalue weighted by molar-refractivity contribution is -0.00665. The molecule has 0 amide bonds. The SMILES string of the molecule is CC(C)OCC(O)CN(C)Cc1nnc(C2CC2)n1C. The van der Waals surface area contributed by atoms with Crippen LogP contribution in [0.3, 0.4) is 0 Å². The summed E-state index contributed by atoms with van der Waals surface area (Å²) in [6.45, 7) is 5.56. The summed E-state index contributed by atoms with van der Waals surface area (Å²) in [5.41, 5.74) is 0. The first kappa shape index (κ1) is 15.4. The predicted octanol–water partition coefficient (Wildman–Crippen LogP) is 0.910. The Labute approximate surface area is 120 Å². The Hall–Kier alpha value is -0.980. The molecule has 0 saturated heterocycles. The van der Waals surface area contributed by atoms with E-state index in [2.05, 4.69) is 19.7 Å². The highest BCUT2D eigenvalue weighted by atomic mass is 16.5. The summed E-state index contributed by atoms with van der Waals surface area (Å²) in [4.78, 5) is 2.05. The molecule has 1 aromatic rings. The van der Waals surface area contributed by atoms with Crippen LogP contribution < -0.4 is 0 Å². The Morgan fingerprint density at radius 3 is 2.70 bits per heavy atom. The zero-order valence-electron chi connectivity index (χ0n) is 12.9. The Kier molecular flexibility index (Phi) is 5.12. The topological polar surface area (TPSA) is 63.4 Å². The highest BCUT2D eigenvalue weighted by Crippen LogP contribution is 2.38. The summed E-state index contributed by atoms with van der Waals surface area (Å²) in [5, 5.41) is 18.4. The van der Waals surface area contributed by atoms with Gasteiger partial charge < -0.3 is 14.4 Å². The van der Waals surface area contributed by atoms with Crippen molar-refractivity contribution in [3.8, 4) is 0 Å². The molecule has 1 fully saturated rings. The molecule has 1 atom stereocenters. The van der Waals surface area contributed by atoms with Crippen molar-refractivity contribution in [1.29, 1.82) is 0 Å². The summed E-state index contributed by atoms with van der Waals surface area (Å²) in [6.07, 6.45) is 2.13. The van der Waals surface area contributed by atoms with Gasteiger partial charge in [0.1, 0.15) is 11.6 Å². The number of hydrogen-bond donors (Lipinski definition) is 1. The van der Waals surface area contributed by atoms with Crippen LogP contribution >= 0.6 is 0 Å². The van der Waals surface area contributed by atoms with E-state index in [0.29, 0.717) is 25.6 Å². The Morgan fingerprint density at radius 2 is 2.10 bits per heavy atom. The Bertz CT molecular complexity index is 429. The third kappa shape index (κ3) is 4.26. The highest BCUT2D eigenvalue weighted by molar-refractivity contribution is 5.07. The Morgan fingerprint density at radius 1 is 1.40 bits per heavy atom. The van der Waals surface area contributed by atoms with E-state index in [1.807, 2.05) is 27.9 Å². The van der Waals surface area contributed by atoms with Gasteiger partial charge >= 0.3 is 0 Å². The fourth-order valence-electron chi connectivity index (χ4n) is 2.23. The van der Waals surface area contributed by atoms with E-state index >= 15 is 0 Å². The summed E-state index contributed by atoms with van der Waals surface area (Å²) in [6, 6.07) is 0. The number of nitrogens with zero attached hydrogens (tertiary/aromatic N) is 4. The maximum Gasteiger partial charge on any atom is 0.146 e. The molecular weight excluding hydrogens is 256 g/mol. The lowest BCUT2D eigenvalue weighted by atomic mass is 10.3. The van der Waals surface area contributed by atoms with Crippen molar-refractivity contribution in [2.45, 2.75) is 51.4 Å². The molecule has 0 radical (unpaired) electrons. The third-order valence-corrected chi connectivity index (χ3v) is 3.50. The fourth-order valence-corrected chi connectivity index (χ4v) is 2.23. The molecule has 0 aromatic carbocycles. The van der Waals surface area contributed by atoms with Crippen LogP contribution in [-0.4, -0.2) is 57.2 Å². The number of aromatic nitrogens is 3. The molecule has 0 spiro atoms. The quantitative estimate of drug-likeness (QED) is 0.768. The normalized spacial score (nSPS) is 17.1. The molecule has 2 rings (SSSR count). The number of ether oxygens (including phenoxy) is 1. The van der Waals surface area contributed by atoms with Gasteiger partial charge in [-0.3, -0.25) is 4.90 Å². The van der Waals surface area contributed by atoms with Gasteiger partial charge in [0.15, 0.2) is 0 Å². The van der Waals surface area contributed by atoms with E-state index in [4.69, 9.17) is 4.74 Å². The van der Waals surface area contributed by atoms with E-state index in [0.717, 1.165) is 11.6 Å². The first-order chi connectivity index (χ1) is 9.47. The van der Waals surface area contributed by atoms with Gasteiger partial charge in [0.25, 0.3) is 0 Å². The average Bonchev–Trinajstić information content (AvgIpc) is 3.14. The fraction of sp³-hybridized carbons (Fsp3) is 0.857. The van der Waals surface area contributed by atoms with E-state index < -0.39 is 6.10 Å². The van der Waals surface area contributed by atoms with Crippen LogP contribution in [0.25, 0.3) is 0 Å². The molecule has 1 aliphatic rings. The van der Waals surface area contributed by atoms with E-state index in [-0.39, 0.29) is 6.10 Å². The molecule has 114 valence electrons. The first-order valence-corrected chi connectivity index (χ1v) is 7.33. The number of hydrogen-bond acceptors (Lipinski definition) is 5. The highest BCUT2D eigenvalue weighted by Gasteiger charge is 2.29. The summed E-state index contributed by atoms with van der Waals surface area (Å²) in [7, 11) is 4.00. The van der Waals surface area contributed by atoms with Gasteiger partial charge in [0.05, 0.1) is 25.4 Å². The molecule has 1 heterocycles. The first-order valence-electron chi connectivity index (χ1n) is 7.33. The maximum atomic E-state index is 9.91. The van der Waals surface area contributed by atoms with Crippen LogP contribution in [0, 0.1) is 0 Å². The number of aliphatic hydroxyl groups is 1. The smallest absolute Gasteiger partial charge is 0.146 e. The van der Waals surface area contributed by atoms with Crippen LogP contribution in [-0.2, 0) is 18.3 Å². The molecule has 1 N–H and O–H groups in total. The van der Waals surface area contributed by atoms with Gasteiger partial charge in [-0.1, -0.05) is 0 Å². The van der Waals surface area contributed by atoms with Gasteiger partial charge in [-0.15, -0.1) is 10.2 Å². The Balaban J connectivity index is 1.80. The van der Waals surface area contributed by atoms with Crippen molar-refractivity contribution in [3.05, 3.63) is 11.6 Å². The molecule has 20 heavy (non-hydrogen) atoms. The lowest BCUT2D eigenvalue weighted by Crippen LogP contribution is -2.33. The van der Waals surface area contributed by atoms with E-state index in [1.54, 1.807) is 0 Å². The summed E-state index contributed by atoms with van der Waals surface area (Å²) >= 11 is 0. The minimum Gasteiger partial charge on any atom is -0.389 e. The molecule has 1 aromatic heterocycles. The van der Waals surface area contributed by atoms with Crippen molar-refractivity contribution in [2.24, 2.45) is 7.05 Å². The molecule has 1 aliphatic carbocycles. The van der Waals surface area contributed by atoms with Crippen molar-refractivity contribution in [1.82, 2.24) is 19.7 Å². The molecule has 6 nitrogen and oxygen atoms in total. The minimum absolute atomic E-state index is 0.148. The van der Waals surface area contributed by atoms with Crippen LogP contribution in [0.15, 0.2) is 0 Å². The van der Waals surface area contributed by atoms with Gasteiger partial charge in [-0.2, -0.15) is 0 Å².